The van der Waals surface area contributed by atoms with E-state index >= 15 is 0 Å². The van der Waals surface area contributed by atoms with E-state index in [0.29, 0.717) is 5.92 Å². The van der Waals surface area contributed by atoms with Gasteiger partial charge in [-0.3, -0.25) is 0 Å². The van der Waals surface area contributed by atoms with E-state index in [1.807, 2.05) is 0 Å². The van der Waals surface area contributed by atoms with Crippen LogP contribution in [-0.4, -0.2) is 4.87 Å². The van der Waals surface area contributed by atoms with Gasteiger partial charge in [0, 0.05) is 0 Å². The molecule has 1 saturated carbocycles. The summed E-state index contributed by atoms with van der Waals surface area (Å²) < 4.78 is 0. The van der Waals surface area contributed by atoms with Crippen molar-refractivity contribution in [3.8, 4) is 12.3 Å². The number of hydrogen-bond donors (Lipinski definition) is 0. The van der Waals surface area contributed by atoms with Crippen molar-refractivity contribution in [1.29, 1.82) is 0 Å². The minimum Gasteiger partial charge on any atom is -0.118 e. The molecule has 0 aromatic rings. The smallest absolute Gasteiger partial charge is 0.108 e. The Balaban J connectivity index is 2.46. The molecule has 8 heavy (non-hydrogen) atoms. The summed E-state index contributed by atoms with van der Waals surface area (Å²) >= 11 is 5.86. The second kappa shape index (κ2) is 1.67. The van der Waals surface area contributed by atoms with Crippen molar-refractivity contribution >= 4 is 11.6 Å². The van der Waals surface area contributed by atoms with Crippen LogP contribution in [-0.2, 0) is 0 Å². The summed E-state index contributed by atoms with van der Waals surface area (Å²) in [5, 5.41) is 0. The van der Waals surface area contributed by atoms with Crippen molar-refractivity contribution in [2.45, 2.75) is 24.6 Å². The minimum atomic E-state index is -0.241. The number of rotatable bonds is 1. The van der Waals surface area contributed by atoms with Gasteiger partial charge in [0.1, 0.15) is 4.87 Å². The lowest BCUT2D eigenvalue weighted by Crippen LogP contribution is -1.95. The van der Waals surface area contributed by atoms with Crippen molar-refractivity contribution < 1.29 is 0 Å². The second-order valence-electron chi connectivity index (χ2n) is 2.32. The van der Waals surface area contributed by atoms with Crippen LogP contribution in [0.2, 0.25) is 0 Å². The summed E-state index contributed by atoms with van der Waals surface area (Å²) in [7, 11) is 0. The van der Waals surface area contributed by atoms with Crippen molar-refractivity contribution in [2.24, 2.45) is 5.92 Å². The summed E-state index contributed by atoms with van der Waals surface area (Å²) in [4.78, 5) is -0.241. The van der Waals surface area contributed by atoms with Crippen LogP contribution in [0.15, 0.2) is 0 Å². The van der Waals surface area contributed by atoms with Crippen LogP contribution < -0.4 is 0 Å². The van der Waals surface area contributed by atoms with Crippen LogP contribution in [0.3, 0.4) is 0 Å². The molecule has 0 amide bonds. The fraction of sp³-hybridized carbons (Fsp3) is 0.714. The molecule has 0 aromatic carbocycles. The zero-order valence-electron chi connectivity index (χ0n) is 4.95. The Morgan fingerprint density at radius 3 is 2.75 bits per heavy atom. The highest BCUT2D eigenvalue weighted by Gasteiger charge is 2.50. The van der Waals surface area contributed by atoms with Crippen molar-refractivity contribution in [3.05, 3.63) is 0 Å². The third-order valence-electron chi connectivity index (χ3n) is 1.76. The molecule has 44 valence electrons. The van der Waals surface area contributed by atoms with Gasteiger partial charge in [-0.2, -0.15) is 0 Å². The highest BCUT2D eigenvalue weighted by Crippen LogP contribution is 2.50. The summed E-state index contributed by atoms with van der Waals surface area (Å²) in [5.41, 5.74) is 0. The van der Waals surface area contributed by atoms with Crippen LogP contribution in [0.1, 0.15) is 19.8 Å². The molecule has 0 aliphatic heterocycles. The van der Waals surface area contributed by atoms with Crippen LogP contribution in [0.4, 0.5) is 0 Å². The van der Waals surface area contributed by atoms with Crippen molar-refractivity contribution in [2.75, 3.05) is 0 Å². The molecule has 1 aliphatic rings. The van der Waals surface area contributed by atoms with Gasteiger partial charge in [0.15, 0.2) is 0 Å². The molecule has 0 saturated heterocycles. The van der Waals surface area contributed by atoms with Gasteiger partial charge < -0.3 is 0 Å². The number of hydrogen-bond acceptors (Lipinski definition) is 0. The Morgan fingerprint density at radius 2 is 2.62 bits per heavy atom. The predicted octanol–water partition coefficient (Wildman–Crippen LogP) is 2.03. The van der Waals surface area contributed by atoms with Crippen LogP contribution >= 0.6 is 11.6 Å². The lowest BCUT2D eigenvalue weighted by Gasteiger charge is -1.92. The molecule has 0 radical (unpaired) electrons. The first-order valence-corrected chi connectivity index (χ1v) is 3.27. The summed E-state index contributed by atoms with van der Waals surface area (Å²) in [6, 6.07) is 0. The Kier molecular flexibility index (Phi) is 1.25. The first-order chi connectivity index (χ1) is 3.73. The third kappa shape index (κ3) is 0.717. The maximum atomic E-state index is 5.86. The predicted molar refractivity (Wildman–Crippen MR) is 35.8 cm³/mol. The largest absolute Gasteiger partial charge is 0.118 e. The Bertz CT molecular complexity index is 134. The zero-order valence-corrected chi connectivity index (χ0v) is 5.70. The quantitative estimate of drug-likeness (QED) is 0.375. The highest BCUT2D eigenvalue weighted by molar-refractivity contribution is 6.28. The van der Waals surface area contributed by atoms with Crippen LogP contribution in [0.5, 0.6) is 0 Å². The second-order valence-corrected chi connectivity index (χ2v) is 2.99. The molecule has 0 bridgehead atoms. The minimum absolute atomic E-state index is 0.241. The van der Waals surface area contributed by atoms with Gasteiger partial charge in [0.25, 0.3) is 0 Å². The molecule has 1 heteroatoms. The van der Waals surface area contributed by atoms with Crippen molar-refractivity contribution in [1.82, 2.24) is 0 Å². The van der Waals surface area contributed by atoms with E-state index in [1.165, 1.54) is 0 Å². The summed E-state index contributed by atoms with van der Waals surface area (Å²) in [6.45, 7) is 2.12. The molecule has 0 unspecified atom stereocenters. The normalized spacial score (nSPS) is 43.4. The fourth-order valence-electron chi connectivity index (χ4n) is 0.944. The van der Waals surface area contributed by atoms with E-state index < -0.39 is 0 Å². The Hall–Kier alpha value is -0.150. The molecule has 0 N–H and O–H groups in total. The maximum Gasteiger partial charge on any atom is 0.108 e. The molecule has 0 heterocycles. The van der Waals surface area contributed by atoms with Crippen LogP contribution in [0.25, 0.3) is 0 Å². The SMILES string of the molecule is C#C[C@]1(Cl)C[C@@H]1CC. The van der Waals surface area contributed by atoms with Crippen LogP contribution in [0, 0.1) is 18.3 Å². The maximum absolute atomic E-state index is 5.86. The molecule has 0 spiro atoms. The van der Waals surface area contributed by atoms with Gasteiger partial charge in [0.2, 0.25) is 0 Å². The Morgan fingerprint density at radius 1 is 2.00 bits per heavy atom. The average molecular weight is 129 g/mol. The van der Waals surface area contributed by atoms with E-state index in [4.69, 9.17) is 18.0 Å². The molecular formula is C7H9Cl. The molecule has 1 rings (SSSR count). The van der Waals surface area contributed by atoms with Gasteiger partial charge in [-0.05, 0) is 12.3 Å². The lowest BCUT2D eigenvalue weighted by atomic mass is 10.2. The van der Waals surface area contributed by atoms with E-state index in [0.717, 1.165) is 12.8 Å². The van der Waals surface area contributed by atoms with E-state index in [2.05, 4.69) is 12.8 Å². The zero-order chi connectivity index (χ0) is 6.20. The summed E-state index contributed by atoms with van der Waals surface area (Å²) in [6.07, 6.45) is 7.29. The van der Waals surface area contributed by atoms with Gasteiger partial charge in [0.05, 0.1) is 0 Å². The highest BCUT2D eigenvalue weighted by atomic mass is 35.5. The molecule has 1 fully saturated rings. The van der Waals surface area contributed by atoms with E-state index in [1.54, 1.807) is 0 Å². The number of alkyl halides is 1. The number of halogens is 1. The fourth-order valence-corrected chi connectivity index (χ4v) is 1.28. The van der Waals surface area contributed by atoms with Gasteiger partial charge >= 0.3 is 0 Å². The molecule has 1 aliphatic carbocycles. The lowest BCUT2D eigenvalue weighted by molar-refractivity contribution is 0.776. The third-order valence-corrected chi connectivity index (χ3v) is 2.34. The molecule has 0 aromatic heterocycles. The Labute approximate surface area is 55.2 Å². The first kappa shape index (κ1) is 5.98. The average Bonchev–Trinajstić information content (AvgIpc) is 2.44. The molecule has 2 atom stereocenters. The van der Waals surface area contributed by atoms with Gasteiger partial charge in [-0.1, -0.05) is 19.3 Å². The molecular weight excluding hydrogens is 120 g/mol. The van der Waals surface area contributed by atoms with Crippen molar-refractivity contribution in [3.63, 3.8) is 0 Å². The van der Waals surface area contributed by atoms with E-state index in [-0.39, 0.29) is 4.87 Å². The topological polar surface area (TPSA) is 0 Å². The van der Waals surface area contributed by atoms with Gasteiger partial charge in [-0.15, -0.1) is 18.0 Å². The number of terminal acetylenes is 1. The first-order valence-electron chi connectivity index (χ1n) is 2.89. The van der Waals surface area contributed by atoms with Gasteiger partial charge in [-0.25, -0.2) is 0 Å². The molecule has 0 nitrogen and oxygen atoms in total. The summed E-state index contributed by atoms with van der Waals surface area (Å²) in [5.74, 6) is 3.17. The monoisotopic (exact) mass is 128 g/mol. The van der Waals surface area contributed by atoms with E-state index in [9.17, 15) is 0 Å². The standard InChI is InChI=1S/C7H9Cl/c1-3-6-5-7(6,8)4-2/h2,6H,3,5H2,1H3/t6-,7-/m0/s1.